The fraction of sp³-hybridized carbons (Fsp3) is 0.462. The number of nitrogens with zero attached hydrogens (tertiary/aromatic N) is 4. The van der Waals surface area contributed by atoms with Crippen molar-refractivity contribution >= 4 is 15.5 Å². The summed E-state index contributed by atoms with van der Waals surface area (Å²) in [6.07, 6.45) is 4.92. The molecule has 0 unspecified atom stereocenters. The fourth-order valence-electron chi connectivity index (χ4n) is 1.62. The van der Waals surface area contributed by atoms with Gasteiger partial charge < -0.3 is 5.32 Å². The molecule has 0 saturated heterocycles. The molecule has 2 aromatic heterocycles. The van der Waals surface area contributed by atoms with Gasteiger partial charge >= 0.3 is 0 Å². The van der Waals surface area contributed by atoms with Gasteiger partial charge in [0.1, 0.15) is 0 Å². The molecule has 0 spiro atoms. The number of anilines is 1. The third kappa shape index (κ3) is 3.57. The number of pyridine rings is 1. The van der Waals surface area contributed by atoms with E-state index in [0.717, 1.165) is 5.69 Å². The smallest absolute Gasteiger partial charge is 0.200 e. The number of hydrogen-bond donors (Lipinski definition) is 1. The third-order valence-electron chi connectivity index (χ3n) is 2.96. The lowest BCUT2D eigenvalue weighted by Gasteiger charge is -2.18. The monoisotopic (exact) mass is 309 g/mol. The lowest BCUT2D eigenvalue weighted by atomic mass is 10.3. The van der Waals surface area contributed by atoms with Crippen molar-refractivity contribution in [3.8, 4) is 0 Å². The molecule has 7 nitrogen and oxygen atoms in total. The van der Waals surface area contributed by atoms with E-state index in [1.807, 2.05) is 0 Å². The second-order valence-corrected chi connectivity index (χ2v) is 8.24. The van der Waals surface area contributed by atoms with E-state index in [0.29, 0.717) is 13.1 Å². The number of hydrogen-bond acceptors (Lipinski definition) is 6. The van der Waals surface area contributed by atoms with Crippen LogP contribution in [-0.4, -0.2) is 39.7 Å². The molecule has 0 aliphatic carbocycles. The maximum Gasteiger partial charge on any atom is 0.200 e. The van der Waals surface area contributed by atoms with E-state index in [1.165, 1.54) is 12.3 Å². The van der Waals surface area contributed by atoms with Gasteiger partial charge in [-0.15, -0.1) is 5.10 Å². The highest BCUT2D eigenvalue weighted by Crippen LogP contribution is 2.23. The first-order valence-electron chi connectivity index (χ1n) is 6.59. The van der Waals surface area contributed by atoms with Crippen LogP contribution >= 0.6 is 0 Å². The van der Waals surface area contributed by atoms with Crippen LogP contribution in [0, 0.1) is 0 Å². The lowest BCUT2D eigenvalue weighted by Crippen LogP contribution is -2.28. The van der Waals surface area contributed by atoms with Crippen LogP contribution in [0.5, 0.6) is 0 Å². The van der Waals surface area contributed by atoms with Crippen LogP contribution in [0.1, 0.15) is 20.8 Å². The standard InChI is InChI=1S/C13H19N5O2S/c1-13(2,3)21(19,20)12-5-4-11(10-15-12)14-6-8-18-9-7-16-17-18/h4-5,7,9-10,14H,6,8H2,1-3H3. The van der Waals surface area contributed by atoms with Crippen molar-refractivity contribution in [1.29, 1.82) is 0 Å². The van der Waals surface area contributed by atoms with Crippen LogP contribution in [0.15, 0.2) is 35.7 Å². The highest BCUT2D eigenvalue weighted by molar-refractivity contribution is 7.92. The summed E-state index contributed by atoms with van der Waals surface area (Å²) in [5.41, 5.74) is 0.767. The van der Waals surface area contributed by atoms with Gasteiger partial charge in [0, 0.05) is 12.7 Å². The number of rotatable bonds is 5. The zero-order chi connectivity index (χ0) is 15.5. The zero-order valence-electron chi connectivity index (χ0n) is 12.3. The quantitative estimate of drug-likeness (QED) is 0.897. The van der Waals surface area contributed by atoms with Crippen molar-refractivity contribution < 1.29 is 8.42 Å². The first kappa shape index (κ1) is 15.4. The van der Waals surface area contributed by atoms with Gasteiger partial charge in [0.2, 0.25) is 0 Å². The van der Waals surface area contributed by atoms with E-state index in [1.54, 1.807) is 43.9 Å². The minimum absolute atomic E-state index is 0.0943. The van der Waals surface area contributed by atoms with Gasteiger partial charge in [-0.2, -0.15) is 0 Å². The molecule has 0 amide bonds. The first-order valence-corrected chi connectivity index (χ1v) is 8.08. The van der Waals surface area contributed by atoms with Gasteiger partial charge in [-0.1, -0.05) is 5.21 Å². The van der Waals surface area contributed by atoms with Gasteiger partial charge in [-0.05, 0) is 32.9 Å². The molecule has 8 heteroatoms. The van der Waals surface area contributed by atoms with E-state index in [2.05, 4.69) is 20.6 Å². The van der Waals surface area contributed by atoms with Crippen LogP contribution < -0.4 is 5.32 Å². The lowest BCUT2D eigenvalue weighted by molar-refractivity contribution is 0.556. The van der Waals surface area contributed by atoms with E-state index >= 15 is 0 Å². The molecule has 2 aromatic rings. The summed E-state index contributed by atoms with van der Waals surface area (Å²) >= 11 is 0. The number of aromatic nitrogens is 4. The number of nitrogens with one attached hydrogen (secondary N) is 1. The predicted octanol–water partition coefficient (Wildman–Crippen LogP) is 1.36. The summed E-state index contributed by atoms with van der Waals surface area (Å²) in [5.74, 6) is 0. The molecular formula is C13H19N5O2S. The van der Waals surface area contributed by atoms with Crippen LogP contribution in [0.4, 0.5) is 5.69 Å². The Morgan fingerprint density at radius 2 is 2.05 bits per heavy atom. The van der Waals surface area contributed by atoms with Crippen molar-refractivity contribution in [2.75, 3.05) is 11.9 Å². The highest BCUT2D eigenvalue weighted by Gasteiger charge is 2.31. The van der Waals surface area contributed by atoms with Crippen LogP contribution in [-0.2, 0) is 16.4 Å². The van der Waals surface area contributed by atoms with Crippen molar-refractivity contribution in [1.82, 2.24) is 20.0 Å². The van der Waals surface area contributed by atoms with Gasteiger partial charge in [-0.3, -0.25) is 4.68 Å². The normalized spacial score (nSPS) is 12.3. The van der Waals surface area contributed by atoms with Crippen molar-refractivity contribution in [3.05, 3.63) is 30.7 Å². The molecule has 21 heavy (non-hydrogen) atoms. The largest absolute Gasteiger partial charge is 0.382 e. The Morgan fingerprint density at radius 3 is 2.57 bits per heavy atom. The van der Waals surface area contributed by atoms with E-state index in [9.17, 15) is 8.42 Å². The number of sulfone groups is 1. The van der Waals surface area contributed by atoms with E-state index in [4.69, 9.17) is 0 Å². The summed E-state index contributed by atoms with van der Waals surface area (Å²) in [4.78, 5) is 4.05. The van der Waals surface area contributed by atoms with Crippen molar-refractivity contribution in [3.63, 3.8) is 0 Å². The van der Waals surface area contributed by atoms with Gasteiger partial charge in [-0.25, -0.2) is 13.4 Å². The zero-order valence-corrected chi connectivity index (χ0v) is 13.1. The van der Waals surface area contributed by atoms with Crippen LogP contribution in [0.2, 0.25) is 0 Å². The molecule has 0 aliphatic heterocycles. The van der Waals surface area contributed by atoms with Crippen LogP contribution in [0.3, 0.4) is 0 Å². The molecule has 0 bridgehead atoms. The molecule has 0 radical (unpaired) electrons. The summed E-state index contributed by atoms with van der Waals surface area (Å²) in [6, 6.07) is 3.24. The molecular weight excluding hydrogens is 290 g/mol. The Hall–Kier alpha value is -1.96. The molecule has 0 aliphatic rings. The molecule has 0 aromatic carbocycles. The fourth-order valence-corrected chi connectivity index (χ4v) is 2.69. The highest BCUT2D eigenvalue weighted by atomic mass is 32.2. The average molecular weight is 309 g/mol. The second-order valence-electron chi connectivity index (χ2n) is 5.59. The second kappa shape index (κ2) is 5.80. The van der Waals surface area contributed by atoms with Crippen molar-refractivity contribution in [2.45, 2.75) is 37.1 Å². The summed E-state index contributed by atoms with van der Waals surface area (Å²) in [7, 11) is -3.41. The minimum Gasteiger partial charge on any atom is -0.382 e. The Labute approximate surface area is 124 Å². The third-order valence-corrected chi connectivity index (χ3v) is 5.36. The van der Waals surface area contributed by atoms with Gasteiger partial charge in [0.25, 0.3) is 0 Å². The molecule has 0 atom stereocenters. The molecule has 114 valence electrons. The summed E-state index contributed by atoms with van der Waals surface area (Å²) in [6.45, 7) is 6.30. The van der Waals surface area contributed by atoms with Gasteiger partial charge in [0.05, 0.1) is 29.4 Å². The first-order chi connectivity index (χ1) is 9.80. The predicted molar refractivity (Wildman–Crippen MR) is 79.7 cm³/mol. The SMILES string of the molecule is CC(C)(C)S(=O)(=O)c1ccc(NCCn2ccnn2)cn1. The molecule has 2 heterocycles. The van der Waals surface area contributed by atoms with Crippen LogP contribution in [0.25, 0.3) is 0 Å². The van der Waals surface area contributed by atoms with E-state index in [-0.39, 0.29) is 5.03 Å². The topological polar surface area (TPSA) is 89.8 Å². The molecule has 0 saturated carbocycles. The van der Waals surface area contributed by atoms with Gasteiger partial charge in [0.15, 0.2) is 14.9 Å². The maximum atomic E-state index is 12.2. The Morgan fingerprint density at radius 1 is 1.29 bits per heavy atom. The minimum atomic E-state index is -3.41. The molecule has 1 N–H and O–H groups in total. The Balaban J connectivity index is 1.99. The van der Waals surface area contributed by atoms with E-state index < -0.39 is 14.6 Å². The van der Waals surface area contributed by atoms with Crippen molar-refractivity contribution in [2.24, 2.45) is 0 Å². The Bertz CT molecular complexity index is 672. The Kier molecular flexibility index (Phi) is 4.26. The summed E-state index contributed by atoms with van der Waals surface area (Å²) < 4.78 is 25.3. The maximum absolute atomic E-state index is 12.2. The molecule has 0 fully saturated rings. The average Bonchev–Trinajstić information content (AvgIpc) is 2.91. The molecule has 2 rings (SSSR count). The summed E-state index contributed by atoms with van der Waals surface area (Å²) in [5, 5.41) is 10.8.